The predicted octanol–water partition coefficient (Wildman–Crippen LogP) is 2.25. The summed E-state index contributed by atoms with van der Waals surface area (Å²) in [5.41, 5.74) is -1.00. The van der Waals surface area contributed by atoms with Crippen LogP contribution in [0.5, 0.6) is 0 Å². The number of aryl methyl sites for hydroxylation is 1. The van der Waals surface area contributed by atoms with Crippen molar-refractivity contribution in [2.45, 2.75) is 39.2 Å². The van der Waals surface area contributed by atoms with Crippen LogP contribution >= 0.6 is 0 Å². The van der Waals surface area contributed by atoms with Crippen LogP contribution < -0.4 is 5.32 Å². The molecule has 0 radical (unpaired) electrons. The van der Waals surface area contributed by atoms with E-state index in [9.17, 15) is 24.0 Å². The summed E-state index contributed by atoms with van der Waals surface area (Å²) >= 11 is 0. The molecule has 1 N–H and O–H groups in total. The van der Waals surface area contributed by atoms with Crippen LogP contribution in [-0.4, -0.2) is 55.0 Å². The molecule has 2 rings (SSSR count). The van der Waals surface area contributed by atoms with Gasteiger partial charge >= 0.3 is 17.9 Å². The first-order valence-corrected chi connectivity index (χ1v) is 10.7. The third kappa shape index (κ3) is 6.77. The zero-order chi connectivity index (χ0) is 25.1. The standard InChI is InChI=1S/C24H27NO9/c1-4-31-22(29)24(25-16(3)26,23(30)32-5-2)13-12-17-8-10-18(11-9-17)19(27)15-34-21(28)20-7-6-14-33-20/h6-11,14H,4-5,12-13,15H2,1-3H3,(H,25,26). The maximum absolute atomic E-state index is 12.7. The van der Waals surface area contributed by atoms with Crippen molar-refractivity contribution in [3.8, 4) is 0 Å². The van der Waals surface area contributed by atoms with Gasteiger partial charge in [0.25, 0.3) is 0 Å². The van der Waals surface area contributed by atoms with Crippen LogP contribution in [0.4, 0.5) is 0 Å². The molecular formula is C24H27NO9. The Bertz CT molecular complexity index is 992. The van der Waals surface area contributed by atoms with Crippen LogP contribution in [0.3, 0.4) is 0 Å². The highest BCUT2D eigenvalue weighted by molar-refractivity contribution is 6.07. The number of esters is 3. The van der Waals surface area contributed by atoms with Gasteiger partial charge in [-0.25, -0.2) is 14.4 Å². The number of nitrogens with one attached hydrogen (secondary N) is 1. The number of amides is 1. The Morgan fingerprint density at radius 1 is 0.912 bits per heavy atom. The minimum absolute atomic E-state index is 0.00555. The molecule has 0 atom stereocenters. The Morgan fingerprint density at radius 3 is 2.03 bits per heavy atom. The Balaban J connectivity index is 2.09. The maximum Gasteiger partial charge on any atom is 0.374 e. The molecule has 0 saturated heterocycles. The maximum atomic E-state index is 12.7. The van der Waals surface area contributed by atoms with E-state index in [0.29, 0.717) is 11.1 Å². The SMILES string of the molecule is CCOC(=O)C(CCc1ccc(C(=O)COC(=O)c2ccco2)cc1)(NC(C)=O)C(=O)OCC. The van der Waals surface area contributed by atoms with E-state index in [1.807, 2.05) is 0 Å². The van der Waals surface area contributed by atoms with Crippen molar-refractivity contribution >= 4 is 29.6 Å². The number of Topliss-reactive ketones (excluding diaryl/α,β-unsaturated/α-hetero) is 1. The number of hydrogen-bond acceptors (Lipinski definition) is 9. The summed E-state index contributed by atoms with van der Waals surface area (Å²) in [6, 6.07) is 9.30. The molecule has 0 spiro atoms. The molecule has 1 heterocycles. The average molecular weight is 473 g/mol. The van der Waals surface area contributed by atoms with E-state index in [1.165, 1.54) is 37.5 Å². The van der Waals surface area contributed by atoms with Crippen LogP contribution in [0.15, 0.2) is 47.1 Å². The highest BCUT2D eigenvalue weighted by atomic mass is 16.6. The lowest BCUT2D eigenvalue weighted by Gasteiger charge is -2.29. The van der Waals surface area contributed by atoms with E-state index in [0.717, 1.165) is 0 Å². The van der Waals surface area contributed by atoms with Gasteiger partial charge in [-0.15, -0.1) is 0 Å². The van der Waals surface area contributed by atoms with Gasteiger partial charge in [-0.1, -0.05) is 24.3 Å². The normalized spacial score (nSPS) is 10.8. The molecule has 10 heteroatoms. The predicted molar refractivity (Wildman–Crippen MR) is 118 cm³/mol. The van der Waals surface area contributed by atoms with Crippen molar-refractivity contribution in [1.29, 1.82) is 0 Å². The number of hydrogen-bond donors (Lipinski definition) is 1. The Hall–Kier alpha value is -3.95. The van der Waals surface area contributed by atoms with Crippen LogP contribution in [0.1, 0.15) is 53.7 Å². The fraction of sp³-hybridized carbons (Fsp3) is 0.375. The molecular weight excluding hydrogens is 446 g/mol. The molecule has 182 valence electrons. The van der Waals surface area contributed by atoms with Gasteiger partial charge in [0.1, 0.15) is 0 Å². The first-order valence-electron chi connectivity index (χ1n) is 10.7. The summed E-state index contributed by atoms with van der Waals surface area (Å²) in [6.07, 6.45) is 1.40. The average Bonchev–Trinajstić information content (AvgIpc) is 3.35. The van der Waals surface area contributed by atoms with Crippen molar-refractivity contribution in [3.63, 3.8) is 0 Å². The quantitative estimate of drug-likeness (QED) is 0.213. The van der Waals surface area contributed by atoms with Crippen molar-refractivity contribution in [2.24, 2.45) is 0 Å². The topological polar surface area (TPSA) is 138 Å². The van der Waals surface area contributed by atoms with Crippen molar-refractivity contribution in [2.75, 3.05) is 19.8 Å². The van der Waals surface area contributed by atoms with Crippen molar-refractivity contribution < 1.29 is 42.6 Å². The molecule has 1 amide bonds. The minimum atomic E-state index is -1.99. The summed E-state index contributed by atoms with van der Waals surface area (Å²) in [6.45, 7) is 3.93. The van der Waals surface area contributed by atoms with Gasteiger partial charge in [-0.2, -0.15) is 0 Å². The van der Waals surface area contributed by atoms with Crippen LogP contribution in [0.25, 0.3) is 0 Å². The van der Waals surface area contributed by atoms with Crippen LogP contribution in [-0.2, 0) is 35.0 Å². The second kappa shape index (κ2) is 12.3. The number of ether oxygens (including phenoxy) is 3. The number of rotatable bonds is 12. The van der Waals surface area contributed by atoms with E-state index >= 15 is 0 Å². The van der Waals surface area contributed by atoms with E-state index < -0.39 is 41.7 Å². The van der Waals surface area contributed by atoms with Gasteiger partial charge in [0, 0.05) is 12.5 Å². The molecule has 0 aliphatic carbocycles. The summed E-state index contributed by atoms with van der Waals surface area (Å²) in [7, 11) is 0. The second-order valence-electron chi connectivity index (χ2n) is 7.20. The zero-order valence-electron chi connectivity index (χ0n) is 19.3. The Kier molecular flexibility index (Phi) is 9.54. The summed E-state index contributed by atoms with van der Waals surface area (Å²) in [4.78, 5) is 61.2. The van der Waals surface area contributed by atoms with Crippen LogP contribution in [0.2, 0.25) is 0 Å². The molecule has 1 aromatic carbocycles. The molecule has 34 heavy (non-hydrogen) atoms. The molecule has 1 aromatic heterocycles. The lowest BCUT2D eigenvalue weighted by atomic mass is 9.90. The number of carbonyl (C=O) groups is 5. The monoisotopic (exact) mass is 473 g/mol. The fourth-order valence-electron chi connectivity index (χ4n) is 3.13. The van der Waals surface area contributed by atoms with Crippen LogP contribution in [0, 0.1) is 0 Å². The Labute approximate surface area is 196 Å². The first-order chi connectivity index (χ1) is 16.2. The fourth-order valence-corrected chi connectivity index (χ4v) is 3.13. The van der Waals surface area contributed by atoms with Gasteiger partial charge < -0.3 is 23.9 Å². The molecule has 10 nitrogen and oxygen atoms in total. The largest absolute Gasteiger partial charge is 0.464 e. The Morgan fingerprint density at radius 2 is 1.53 bits per heavy atom. The second-order valence-corrected chi connectivity index (χ2v) is 7.20. The molecule has 2 aromatic rings. The highest BCUT2D eigenvalue weighted by Crippen LogP contribution is 2.20. The van der Waals surface area contributed by atoms with Gasteiger partial charge in [-0.3, -0.25) is 9.59 Å². The minimum Gasteiger partial charge on any atom is -0.464 e. The van der Waals surface area contributed by atoms with Gasteiger partial charge in [-0.05, 0) is 44.4 Å². The molecule has 0 aliphatic rings. The van der Waals surface area contributed by atoms with Gasteiger partial charge in [0.15, 0.2) is 12.4 Å². The zero-order valence-corrected chi connectivity index (χ0v) is 19.3. The third-order valence-corrected chi connectivity index (χ3v) is 4.76. The third-order valence-electron chi connectivity index (χ3n) is 4.76. The van der Waals surface area contributed by atoms with Crippen molar-refractivity contribution in [3.05, 3.63) is 59.5 Å². The van der Waals surface area contributed by atoms with E-state index in [-0.39, 0.29) is 31.8 Å². The molecule has 0 aliphatic heterocycles. The molecule has 0 fully saturated rings. The summed E-state index contributed by atoms with van der Waals surface area (Å²) < 4.78 is 19.9. The highest BCUT2D eigenvalue weighted by Gasteiger charge is 2.49. The molecule has 0 bridgehead atoms. The number of carbonyl (C=O) groups excluding carboxylic acids is 5. The smallest absolute Gasteiger partial charge is 0.374 e. The van der Waals surface area contributed by atoms with Gasteiger partial charge in [0.2, 0.25) is 17.2 Å². The van der Waals surface area contributed by atoms with Gasteiger partial charge in [0.05, 0.1) is 19.5 Å². The number of benzene rings is 1. The lowest BCUT2D eigenvalue weighted by Crippen LogP contribution is -2.61. The number of furan rings is 1. The van der Waals surface area contributed by atoms with E-state index in [2.05, 4.69) is 5.32 Å². The first kappa shape index (κ1) is 26.3. The number of ketones is 1. The molecule has 0 saturated carbocycles. The van der Waals surface area contributed by atoms with E-state index in [4.69, 9.17) is 18.6 Å². The summed E-state index contributed by atoms with van der Waals surface area (Å²) in [5, 5.41) is 2.40. The van der Waals surface area contributed by atoms with Crippen molar-refractivity contribution in [1.82, 2.24) is 5.32 Å². The molecule has 0 unspecified atom stereocenters. The summed E-state index contributed by atoms with van der Waals surface area (Å²) in [5.74, 6) is -3.58. The lowest BCUT2D eigenvalue weighted by molar-refractivity contribution is -0.168. The van der Waals surface area contributed by atoms with E-state index in [1.54, 1.807) is 26.0 Å².